The van der Waals surface area contributed by atoms with Crippen molar-refractivity contribution >= 4 is 34.6 Å². The number of ether oxygens (including phenoxy) is 2. The highest BCUT2D eigenvalue weighted by atomic mass is 32.1. The fourth-order valence-electron chi connectivity index (χ4n) is 1.98. The molecule has 0 atom stereocenters. The minimum absolute atomic E-state index is 0.0416. The molecule has 2 amide bonds. The van der Waals surface area contributed by atoms with Crippen molar-refractivity contribution in [2.45, 2.75) is 13.3 Å². The molecule has 0 radical (unpaired) electrons. The van der Waals surface area contributed by atoms with Crippen LogP contribution in [0.5, 0.6) is 11.5 Å². The molecule has 7 nitrogen and oxygen atoms in total. The summed E-state index contributed by atoms with van der Waals surface area (Å²) in [6, 6.07) is 8.58. The second kappa shape index (κ2) is 8.84. The number of carbonyl (C=O) groups is 2. The lowest BCUT2D eigenvalue weighted by molar-refractivity contribution is -0.115. The van der Waals surface area contributed by atoms with Crippen LogP contribution in [-0.4, -0.2) is 31.7 Å². The molecule has 0 fully saturated rings. The monoisotopic (exact) mass is 361 g/mol. The minimum atomic E-state index is -0.299. The zero-order valence-corrected chi connectivity index (χ0v) is 15.0. The van der Waals surface area contributed by atoms with E-state index in [1.807, 2.05) is 0 Å². The Hall–Kier alpha value is -2.87. The Kier molecular flexibility index (Phi) is 6.53. The van der Waals surface area contributed by atoms with Gasteiger partial charge in [0.25, 0.3) is 5.91 Å². The van der Waals surface area contributed by atoms with Crippen molar-refractivity contribution in [3.63, 3.8) is 0 Å². The van der Waals surface area contributed by atoms with Crippen molar-refractivity contribution in [2.24, 2.45) is 5.10 Å². The Morgan fingerprint density at radius 3 is 2.64 bits per heavy atom. The van der Waals surface area contributed by atoms with Gasteiger partial charge in [-0.2, -0.15) is 5.10 Å². The lowest BCUT2D eigenvalue weighted by atomic mass is 10.2. The van der Waals surface area contributed by atoms with E-state index in [9.17, 15) is 9.59 Å². The van der Waals surface area contributed by atoms with Gasteiger partial charge in [-0.1, -0.05) is 6.07 Å². The number of benzene rings is 1. The van der Waals surface area contributed by atoms with Crippen LogP contribution < -0.4 is 20.2 Å². The molecular formula is C17H19N3O4S. The van der Waals surface area contributed by atoms with Crippen LogP contribution in [0.4, 0.5) is 5.69 Å². The summed E-state index contributed by atoms with van der Waals surface area (Å²) in [6.07, 6.45) is 0.0416. The standard InChI is InChI=1S/C17H19N3O4S/c1-11(19-20-17(22)15-5-4-8-25-15)9-16(21)18-13-7-6-12(23-2)10-14(13)24-3/h4-8,10H,9H2,1-3H3,(H,18,21)(H,20,22). The van der Waals surface area contributed by atoms with Crippen LogP contribution in [0.25, 0.3) is 0 Å². The van der Waals surface area contributed by atoms with Crippen molar-refractivity contribution < 1.29 is 19.1 Å². The molecule has 0 saturated carbocycles. The van der Waals surface area contributed by atoms with Crippen LogP contribution in [0.2, 0.25) is 0 Å². The first kappa shape index (κ1) is 18.5. The fourth-order valence-corrected chi connectivity index (χ4v) is 2.59. The summed E-state index contributed by atoms with van der Waals surface area (Å²) in [6.45, 7) is 1.67. The van der Waals surface area contributed by atoms with Gasteiger partial charge in [0.15, 0.2) is 0 Å². The quantitative estimate of drug-likeness (QED) is 0.586. The molecule has 0 bridgehead atoms. The molecule has 0 aliphatic rings. The number of hydrogen-bond acceptors (Lipinski definition) is 6. The molecule has 1 aromatic carbocycles. The van der Waals surface area contributed by atoms with E-state index >= 15 is 0 Å². The minimum Gasteiger partial charge on any atom is -0.497 e. The zero-order valence-electron chi connectivity index (χ0n) is 14.2. The highest BCUT2D eigenvalue weighted by molar-refractivity contribution is 7.12. The maximum Gasteiger partial charge on any atom is 0.281 e. The number of rotatable bonds is 7. The average molecular weight is 361 g/mol. The summed E-state index contributed by atoms with van der Waals surface area (Å²) in [5.74, 6) is 0.554. The molecule has 1 heterocycles. The molecule has 0 aliphatic carbocycles. The predicted octanol–water partition coefficient (Wildman–Crippen LogP) is 2.90. The first-order valence-corrected chi connectivity index (χ1v) is 8.30. The van der Waals surface area contributed by atoms with Gasteiger partial charge in [-0.25, -0.2) is 5.43 Å². The van der Waals surface area contributed by atoms with Gasteiger partial charge in [0, 0.05) is 11.8 Å². The normalized spacial score (nSPS) is 10.9. The van der Waals surface area contributed by atoms with E-state index in [2.05, 4.69) is 15.8 Å². The number of nitrogens with one attached hydrogen (secondary N) is 2. The number of amides is 2. The van der Waals surface area contributed by atoms with Gasteiger partial charge in [0.2, 0.25) is 5.91 Å². The molecule has 2 rings (SSSR count). The van der Waals surface area contributed by atoms with Crippen molar-refractivity contribution in [3.8, 4) is 11.5 Å². The van der Waals surface area contributed by atoms with Gasteiger partial charge in [-0.05, 0) is 30.5 Å². The summed E-state index contributed by atoms with van der Waals surface area (Å²) in [4.78, 5) is 24.5. The second-order valence-corrected chi connectivity index (χ2v) is 6.00. The Bertz CT molecular complexity index is 772. The van der Waals surface area contributed by atoms with Crippen LogP contribution in [0, 0.1) is 0 Å². The first-order chi connectivity index (χ1) is 12.0. The maximum atomic E-state index is 12.1. The molecule has 0 spiro atoms. The first-order valence-electron chi connectivity index (χ1n) is 7.42. The van der Waals surface area contributed by atoms with E-state index in [4.69, 9.17) is 9.47 Å². The maximum absolute atomic E-state index is 12.1. The highest BCUT2D eigenvalue weighted by Crippen LogP contribution is 2.29. The molecule has 0 saturated heterocycles. The topological polar surface area (TPSA) is 89.0 Å². The number of carbonyl (C=O) groups excluding carboxylic acids is 2. The third kappa shape index (κ3) is 5.32. The number of hydrazone groups is 1. The van der Waals surface area contributed by atoms with Crippen LogP contribution in [0.3, 0.4) is 0 Å². The molecule has 1 aromatic heterocycles. The summed E-state index contributed by atoms with van der Waals surface area (Å²) >= 11 is 1.32. The number of nitrogens with zero attached hydrogens (tertiary/aromatic N) is 1. The van der Waals surface area contributed by atoms with E-state index in [1.54, 1.807) is 49.7 Å². The number of anilines is 1. The van der Waals surface area contributed by atoms with E-state index in [-0.39, 0.29) is 18.2 Å². The van der Waals surface area contributed by atoms with E-state index in [1.165, 1.54) is 18.4 Å². The molecule has 0 aliphatic heterocycles. The van der Waals surface area contributed by atoms with Crippen LogP contribution in [-0.2, 0) is 4.79 Å². The Morgan fingerprint density at radius 2 is 2.00 bits per heavy atom. The summed E-state index contributed by atoms with van der Waals surface area (Å²) in [5, 5.41) is 8.50. The smallest absolute Gasteiger partial charge is 0.281 e. The zero-order chi connectivity index (χ0) is 18.2. The Balaban J connectivity index is 1.93. The molecule has 2 N–H and O–H groups in total. The summed E-state index contributed by atoms with van der Waals surface area (Å²) < 4.78 is 10.3. The Morgan fingerprint density at radius 1 is 1.20 bits per heavy atom. The molecule has 132 valence electrons. The van der Waals surface area contributed by atoms with Gasteiger partial charge < -0.3 is 14.8 Å². The van der Waals surface area contributed by atoms with Gasteiger partial charge in [-0.15, -0.1) is 11.3 Å². The van der Waals surface area contributed by atoms with Crippen LogP contribution in [0.15, 0.2) is 40.8 Å². The molecule has 2 aromatic rings. The molecular weight excluding hydrogens is 342 g/mol. The molecule has 25 heavy (non-hydrogen) atoms. The van der Waals surface area contributed by atoms with Gasteiger partial charge >= 0.3 is 0 Å². The van der Waals surface area contributed by atoms with Crippen LogP contribution >= 0.6 is 11.3 Å². The highest BCUT2D eigenvalue weighted by Gasteiger charge is 2.11. The van der Waals surface area contributed by atoms with Gasteiger partial charge in [0.05, 0.1) is 31.2 Å². The SMILES string of the molecule is COc1ccc(NC(=O)CC(C)=NNC(=O)c2cccs2)c(OC)c1. The van der Waals surface area contributed by atoms with Gasteiger partial charge in [0.1, 0.15) is 11.5 Å². The molecule has 0 unspecified atom stereocenters. The lowest BCUT2D eigenvalue weighted by Gasteiger charge is -2.11. The third-order valence-corrected chi connectivity index (χ3v) is 4.06. The number of hydrogen-bond donors (Lipinski definition) is 2. The summed E-state index contributed by atoms with van der Waals surface area (Å²) in [7, 11) is 3.06. The van der Waals surface area contributed by atoms with Crippen molar-refractivity contribution in [1.29, 1.82) is 0 Å². The van der Waals surface area contributed by atoms with E-state index in [0.29, 0.717) is 27.8 Å². The van der Waals surface area contributed by atoms with Crippen molar-refractivity contribution in [2.75, 3.05) is 19.5 Å². The number of methoxy groups -OCH3 is 2. The second-order valence-electron chi connectivity index (χ2n) is 5.06. The van der Waals surface area contributed by atoms with Crippen molar-refractivity contribution in [3.05, 3.63) is 40.6 Å². The van der Waals surface area contributed by atoms with Crippen molar-refractivity contribution in [1.82, 2.24) is 5.43 Å². The van der Waals surface area contributed by atoms with Gasteiger partial charge in [-0.3, -0.25) is 9.59 Å². The molecule has 8 heteroatoms. The number of thiophene rings is 1. The lowest BCUT2D eigenvalue weighted by Crippen LogP contribution is -2.21. The van der Waals surface area contributed by atoms with E-state index in [0.717, 1.165) is 0 Å². The average Bonchev–Trinajstić information content (AvgIpc) is 3.14. The Labute approximate surface area is 149 Å². The summed E-state index contributed by atoms with van der Waals surface area (Å²) in [5.41, 5.74) is 3.44. The third-order valence-electron chi connectivity index (χ3n) is 3.19. The van der Waals surface area contributed by atoms with Crippen LogP contribution in [0.1, 0.15) is 23.0 Å². The predicted molar refractivity (Wildman–Crippen MR) is 97.7 cm³/mol. The van der Waals surface area contributed by atoms with E-state index < -0.39 is 0 Å². The fraction of sp³-hybridized carbons (Fsp3) is 0.235. The largest absolute Gasteiger partial charge is 0.497 e.